The molecule has 0 aliphatic heterocycles. The van der Waals surface area contributed by atoms with Gasteiger partial charge < -0.3 is 0 Å². The van der Waals surface area contributed by atoms with Crippen LogP contribution in [0.2, 0.25) is 0 Å². The average molecular weight is 637 g/mol. The van der Waals surface area contributed by atoms with E-state index >= 15 is 0 Å². The number of nitrogens with zero attached hydrogens (tertiary/aromatic N) is 4. The maximum atomic E-state index is 5.35. The first-order chi connectivity index (χ1) is 24.8. The van der Waals surface area contributed by atoms with Crippen molar-refractivity contribution in [1.29, 1.82) is 0 Å². The fourth-order valence-corrected chi connectivity index (χ4v) is 7.19. The Morgan fingerprint density at radius 1 is 0.260 bits per heavy atom. The zero-order valence-electron chi connectivity index (χ0n) is 27.0. The van der Waals surface area contributed by atoms with E-state index in [0.29, 0.717) is 17.5 Å². The fourth-order valence-electron chi connectivity index (χ4n) is 7.19. The molecular formula is C46H28N4. The van der Waals surface area contributed by atoms with Crippen molar-refractivity contribution < 1.29 is 0 Å². The molecule has 2 heterocycles. The summed E-state index contributed by atoms with van der Waals surface area (Å²) in [6, 6.07) is 59.3. The van der Waals surface area contributed by atoms with Gasteiger partial charge in [0.15, 0.2) is 17.5 Å². The van der Waals surface area contributed by atoms with Crippen molar-refractivity contribution in [3.05, 3.63) is 170 Å². The molecule has 0 amide bonds. The Balaban J connectivity index is 1.16. The second-order valence-electron chi connectivity index (χ2n) is 12.7. The first-order valence-corrected chi connectivity index (χ1v) is 16.8. The van der Waals surface area contributed by atoms with Crippen LogP contribution in [0.5, 0.6) is 0 Å². The van der Waals surface area contributed by atoms with Gasteiger partial charge in [-0.2, -0.15) is 0 Å². The zero-order valence-corrected chi connectivity index (χ0v) is 27.0. The Labute approximate surface area is 288 Å². The predicted octanol–water partition coefficient (Wildman–Crippen LogP) is 11.7. The van der Waals surface area contributed by atoms with Crippen molar-refractivity contribution in [2.24, 2.45) is 0 Å². The molecule has 0 N–H and O–H groups in total. The number of aromatic nitrogens is 4. The van der Waals surface area contributed by atoms with Gasteiger partial charge in [-0.1, -0.05) is 164 Å². The van der Waals surface area contributed by atoms with E-state index < -0.39 is 0 Å². The largest absolute Gasteiger partial charge is 0.246 e. The number of benzene rings is 8. The molecule has 4 heteroatoms. The van der Waals surface area contributed by atoms with E-state index in [1.165, 1.54) is 21.7 Å². The van der Waals surface area contributed by atoms with Crippen LogP contribution in [0.3, 0.4) is 0 Å². The minimum Gasteiger partial charge on any atom is -0.246 e. The van der Waals surface area contributed by atoms with Crippen LogP contribution in [-0.4, -0.2) is 19.9 Å². The summed E-state index contributed by atoms with van der Waals surface area (Å²) in [7, 11) is 0. The lowest BCUT2D eigenvalue weighted by Crippen LogP contribution is -2.00. The van der Waals surface area contributed by atoms with E-state index in [1.807, 2.05) is 30.3 Å². The molecule has 0 fully saturated rings. The van der Waals surface area contributed by atoms with Crippen molar-refractivity contribution in [3.8, 4) is 45.3 Å². The summed E-state index contributed by atoms with van der Waals surface area (Å²) in [4.78, 5) is 20.4. The maximum absolute atomic E-state index is 5.35. The van der Waals surface area contributed by atoms with Crippen LogP contribution in [0.25, 0.3) is 99.4 Å². The molecular weight excluding hydrogens is 609 g/mol. The SMILES string of the molecule is c1ccc(-c2nc(-c3ccc(-c4c5ccc6ccccc6c5nc5c4ccc4ccccc45)cc3)nc(-c3ccc4ccccc4c3)n2)cc1. The van der Waals surface area contributed by atoms with Crippen LogP contribution >= 0.6 is 0 Å². The molecule has 0 aliphatic rings. The van der Waals surface area contributed by atoms with Crippen LogP contribution in [0, 0.1) is 0 Å². The second-order valence-corrected chi connectivity index (χ2v) is 12.7. The van der Waals surface area contributed by atoms with E-state index in [1.54, 1.807) is 0 Å². The van der Waals surface area contributed by atoms with Gasteiger partial charge in [-0.3, -0.25) is 0 Å². The first-order valence-electron chi connectivity index (χ1n) is 16.8. The van der Waals surface area contributed by atoms with Gasteiger partial charge in [0.1, 0.15) is 0 Å². The highest BCUT2D eigenvalue weighted by molar-refractivity contribution is 6.21. The second kappa shape index (κ2) is 11.4. The van der Waals surface area contributed by atoms with Crippen molar-refractivity contribution >= 4 is 54.1 Å². The standard InChI is InChI=1S/C46H28N4/c1-2-13-33(14-3-1)44-48-45(50-46(49-44)36-23-18-29-10-4-5-15-35(29)28-36)34-21-19-32(20-22-34)41-39-26-24-30-11-6-8-16-37(30)42(39)47-43-38-17-9-7-12-31(38)25-27-40(41)43/h1-28H. The molecule has 10 aromatic rings. The summed E-state index contributed by atoms with van der Waals surface area (Å²) in [5, 5.41) is 9.25. The molecule has 0 saturated carbocycles. The summed E-state index contributed by atoms with van der Waals surface area (Å²) in [5.74, 6) is 1.93. The molecule has 0 bridgehead atoms. The van der Waals surface area contributed by atoms with Crippen molar-refractivity contribution in [2.45, 2.75) is 0 Å². The molecule has 0 saturated heterocycles. The van der Waals surface area contributed by atoms with Gasteiger partial charge in [-0.15, -0.1) is 0 Å². The molecule has 232 valence electrons. The first kappa shape index (κ1) is 28.3. The summed E-state index contributed by atoms with van der Waals surface area (Å²) < 4.78 is 0. The molecule has 0 radical (unpaired) electrons. The highest BCUT2D eigenvalue weighted by Crippen LogP contribution is 2.40. The van der Waals surface area contributed by atoms with Gasteiger partial charge >= 0.3 is 0 Å². The summed E-state index contributed by atoms with van der Waals surface area (Å²) in [6.45, 7) is 0. The average Bonchev–Trinajstić information content (AvgIpc) is 3.20. The van der Waals surface area contributed by atoms with Gasteiger partial charge in [0, 0.05) is 43.8 Å². The Morgan fingerprint density at radius 2 is 0.700 bits per heavy atom. The lowest BCUT2D eigenvalue weighted by atomic mass is 9.92. The lowest BCUT2D eigenvalue weighted by Gasteiger charge is -2.15. The molecule has 2 aromatic heterocycles. The van der Waals surface area contributed by atoms with Gasteiger partial charge in [-0.25, -0.2) is 19.9 Å². The fraction of sp³-hybridized carbons (Fsp3) is 0. The van der Waals surface area contributed by atoms with Crippen molar-refractivity contribution in [3.63, 3.8) is 0 Å². The van der Waals surface area contributed by atoms with Crippen LogP contribution in [-0.2, 0) is 0 Å². The van der Waals surface area contributed by atoms with E-state index in [2.05, 4.69) is 140 Å². The topological polar surface area (TPSA) is 51.6 Å². The monoisotopic (exact) mass is 636 g/mol. The van der Waals surface area contributed by atoms with Gasteiger partial charge in [0.05, 0.1) is 11.0 Å². The lowest BCUT2D eigenvalue weighted by molar-refractivity contribution is 1.07. The Morgan fingerprint density at radius 3 is 1.32 bits per heavy atom. The minimum atomic E-state index is 0.634. The number of pyridine rings is 1. The normalized spacial score (nSPS) is 11.6. The number of hydrogen-bond donors (Lipinski definition) is 0. The third-order valence-corrected chi connectivity index (χ3v) is 9.67. The van der Waals surface area contributed by atoms with Crippen LogP contribution in [0.1, 0.15) is 0 Å². The number of rotatable bonds is 4. The molecule has 50 heavy (non-hydrogen) atoms. The van der Waals surface area contributed by atoms with Crippen molar-refractivity contribution in [2.75, 3.05) is 0 Å². The number of hydrogen-bond acceptors (Lipinski definition) is 4. The number of fused-ring (bicyclic) bond motifs is 7. The van der Waals surface area contributed by atoms with E-state index in [4.69, 9.17) is 19.9 Å². The van der Waals surface area contributed by atoms with Crippen LogP contribution in [0.15, 0.2) is 170 Å². The minimum absolute atomic E-state index is 0.634. The summed E-state index contributed by atoms with van der Waals surface area (Å²) in [5.41, 5.74) is 7.13. The summed E-state index contributed by atoms with van der Waals surface area (Å²) >= 11 is 0. The van der Waals surface area contributed by atoms with Crippen LogP contribution < -0.4 is 0 Å². The molecule has 0 unspecified atom stereocenters. The van der Waals surface area contributed by atoms with E-state index in [0.717, 1.165) is 60.2 Å². The van der Waals surface area contributed by atoms with Gasteiger partial charge in [-0.05, 0) is 33.2 Å². The quantitative estimate of drug-likeness (QED) is 0.142. The van der Waals surface area contributed by atoms with Gasteiger partial charge in [0.2, 0.25) is 0 Å². The molecule has 0 spiro atoms. The Kier molecular flexibility index (Phi) is 6.46. The third kappa shape index (κ3) is 4.69. The van der Waals surface area contributed by atoms with E-state index in [9.17, 15) is 0 Å². The molecule has 0 atom stereocenters. The Bertz CT molecular complexity index is 2820. The Hall–Kier alpha value is -6.78. The smallest absolute Gasteiger partial charge is 0.164 e. The predicted molar refractivity (Wildman–Crippen MR) is 207 cm³/mol. The highest BCUT2D eigenvalue weighted by Gasteiger charge is 2.17. The maximum Gasteiger partial charge on any atom is 0.164 e. The third-order valence-electron chi connectivity index (χ3n) is 9.67. The molecule has 4 nitrogen and oxygen atoms in total. The van der Waals surface area contributed by atoms with E-state index in [-0.39, 0.29) is 0 Å². The summed E-state index contributed by atoms with van der Waals surface area (Å²) in [6.07, 6.45) is 0. The molecule has 10 rings (SSSR count). The zero-order chi connectivity index (χ0) is 33.0. The molecule has 0 aliphatic carbocycles. The molecule has 8 aromatic carbocycles. The van der Waals surface area contributed by atoms with Gasteiger partial charge in [0.25, 0.3) is 0 Å². The highest BCUT2D eigenvalue weighted by atomic mass is 15.0. The van der Waals surface area contributed by atoms with Crippen LogP contribution in [0.4, 0.5) is 0 Å². The van der Waals surface area contributed by atoms with Crippen molar-refractivity contribution in [1.82, 2.24) is 19.9 Å².